The number of hydrogen-bond acceptors (Lipinski definition) is 4. The Hall–Kier alpha value is -2.61. The molecule has 0 aliphatic heterocycles. The second kappa shape index (κ2) is 8.85. The summed E-state index contributed by atoms with van der Waals surface area (Å²) in [6, 6.07) is 12.4. The largest absolute Gasteiger partial charge is 0.491 e. The third-order valence-electron chi connectivity index (χ3n) is 3.54. The zero-order chi connectivity index (χ0) is 20.0. The molecule has 0 unspecified atom stereocenters. The van der Waals surface area contributed by atoms with E-state index >= 15 is 0 Å². The molecule has 2 aromatic rings. The number of benzene rings is 2. The molecular weight excluding hydrogens is 371 g/mol. The highest BCUT2D eigenvalue weighted by Gasteiger charge is 2.21. The summed E-state index contributed by atoms with van der Waals surface area (Å²) in [6.45, 7) is 3.61. The van der Waals surface area contributed by atoms with Gasteiger partial charge in [-0.3, -0.25) is 9.10 Å². The summed E-state index contributed by atoms with van der Waals surface area (Å²) in [5.74, 6) is -0.391. The van der Waals surface area contributed by atoms with Crippen molar-refractivity contribution in [2.24, 2.45) is 0 Å². The Balaban J connectivity index is 2.04. The zero-order valence-electron chi connectivity index (χ0n) is 15.5. The summed E-state index contributed by atoms with van der Waals surface area (Å²) in [6.07, 6.45) is 1.00. The first-order chi connectivity index (χ1) is 12.6. The fourth-order valence-corrected chi connectivity index (χ4v) is 3.27. The third-order valence-corrected chi connectivity index (χ3v) is 4.68. The SMILES string of the molecule is CC(C)Oc1cccc(CNC(=O)CN(c2cccc(F)c2)S(C)(=O)=O)c1. The van der Waals surface area contributed by atoms with E-state index in [9.17, 15) is 17.6 Å². The van der Waals surface area contributed by atoms with Gasteiger partial charge in [0.2, 0.25) is 15.9 Å². The molecule has 0 bridgehead atoms. The topological polar surface area (TPSA) is 75.7 Å². The van der Waals surface area contributed by atoms with Gasteiger partial charge < -0.3 is 10.1 Å². The molecule has 0 atom stereocenters. The van der Waals surface area contributed by atoms with Gasteiger partial charge in [0.25, 0.3) is 0 Å². The molecule has 0 aromatic heterocycles. The number of carbonyl (C=O) groups excluding carboxylic acids is 1. The predicted molar refractivity (Wildman–Crippen MR) is 103 cm³/mol. The zero-order valence-corrected chi connectivity index (χ0v) is 16.3. The van der Waals surface area contributed by atoms with Crippen LogP contribution in [0.3, 0.4) is 0 Å². The van der Waals surface area contributed by atoms with E-state index in [1.165, 1.54) is 18.2 Å². The molecule has 0 heterocycles. The smallest absolute Gasteiger partial charge is 0.241 e. The van der Waals surface area contributed by atoms with E-state index in [4.69, 9.17) is 4.74 Å². The molecule has 146 valence electrons. The van der Waals surface area contributed by atoms with Crippen molar-refractivity contribution >= 4 is 21.6 Å². The number of nitrogens with zero attached hydrogens (tertiary/aromatic N) is 1. The van der Waals surface area contributed by atoms with E-state index in [2.05, 4.69) is 5.32 Å². The van der Waals surface area contributed by atoms with Gasteiger partial charge in [0.15, 0.2) is 0 Å². The van der Waals surface area contributed by atoms with Crippen LogP contribution in [0.1, 0.15) is 19.4 Å². The number of halogens is 1. The van der Waals surface area contributed by atoms with Gasteiger partial charge >= 0.3 is 0 Å². The minimum Gasteiger partial charge on any atom is -0.491 e. The summed E-state index contributed by atoms with van der Waals surface area (Å²) < 4.78 is 43.9. The van der Waals surface area contributed by atoms with E-state index in [-0.39, 0.29) is 18.3 Å². The minimum atomic E-state index is -3.75. The van der Waals surface area contributed by atoms with Crippen molar-refractivity contribution in [3.05, 3.63) is 59.9 Å². The number of hydrogen-bond donors (Lipinski definition) is 1. The Bertz CT molecular complexity index is 900. The lowest BCUT2D eigenvalue weighted by Crippen LogP contribution is -2.40. The summed E-state index contributed by atoms with van der Waals surface area (Å²) >= 11 is 0. The van der Waals surface area contributed by atoms with Gasteiger partial charge in [-0.25, -0.2) is 12.8 Å². The van der Waals surface area contributed by atoms with Gasteiger partial charge in [0, 0.05) is 6.54 Å². The van der Waals surface area contributed by atoms with Gasteiger partial charge in [-0.1, -0.05) is 18.2 Å². The highest BCUT2D eigenvalue weighted by atomic mass is 32.2. The van der Waals surface area contributed by atoms with Crippen molar-refractivity contribution in [1.82, 2.24) is 5.32 Å². The lowest BCUT2D eigenvalue weighted by molar-refractivity contribution is -0.119. The maximum atomic E-state index is 13.4. The van der Waals surface area contributed by atoms with Crippen LogP contribution in [0, 0.1) is 5.82 Å². The number of rotatable bonds is 8. The predicted octanol–water partition coefficient (Wildman–Crippen LogP) is 2.70. The quantitative estimate of drug-likeness (QED) is 0.747. The van der Waals surface area contributed by atoms with E-state index in [1.54, 1.807) is 6.07 Å². The van der Waals surface area contributed by atoms with Crippen LogP contribution in [0.5, 0.6) is 5.75 Å². The first-order valence-electron chi connectivity index (χ1n) is 8.41. The van der Waals surface area contributed by atoms with Crippen molar-refractivity contribution in [3.8, 4) is 5.75 Å². The number of ether oxygens (including phenoxy) is 1. The number of amides is 1. The molecule has 8 heteroatoms. The molecule has 6 nitrogen and oxygen atoms in total. The van der Waals surface area contributed by atoms with Gasteiger partial charge in [0.1, 0.15) is 18.1 Å². The molecule has 1 amide bonds. The number of nitrogens with one attached hydrogen (secondary N) is 1. The molecule has 1 N–H and O–H groups in total. The molecule has 0 saturated carbocycles. The molecule has 27 heavy (non-hydrogen) atoms. The van der Waals surface area contributed by atoms with Crippen molar-refractivity contribution in [2.45, 2.75) is 26.5 Å². The third kappa shape index (κ3) is 6.56. The van der Waals surface area contributed by atoms with Crippen molar-refractivity contribution < 1.29 is 22.3 Å². The fourth-order valence-electron chi connectivity index (χ4n) is 2.42. The van der Waals surface area contributed by atoms with Crippen LogP contribution < -0.4 is 14.4 Å². The average Bonchev–Trinajstić information content (AvgIpc) is 2.56. The van der Waals surface area contributed by atoms with Crippen LogP contribution in [0.4, 0.5) is 10.1 Å². The molecule has 2 rings (SSSR count). The Kier molecular flexibility index (Phi) is 6.79. The molecule has 0 aliphatic rings. The van der Waals surface area contributed by atoms with Gasteiger partial charge in [-0.2, -0.15) is 0 Å². The summed E-state index contributed by atoms with van der Waals surface area (Å²) in [4.78, 5) is 12.3. The average molecular weight is 394 g/mol. The van der Waals surface area contributed by atoms with Crippen molar-refractivity contribution in [2.75, 3.05) is 17.1 Å². The maximum absolute atomic E-state index is 13.4. The van der Waals surface area contributed by atoms with Crippen LogP contribution in [-0.2, 0) is 21.4 Å². The normalized spacial score (nSPS) is 11.3. The summed E-state index contributed by atoms with van der Waals surface area (Å²) in [5.41, 5.74) is 0.915. The summed E-state index contributed by atoms with van der Waals surface area (Å²) in [5, 5.41) is 2.67. The van der Waals surface area contributed by atoms with E-state index < -0.39 is 28.3 Å². The van der Waals surface area contributed by atoms with Gasteiger partial charge in [-0.15, -0.1) is 0 Å². The minimum absolute atomic E-state index is 0.0319. The lowest BCUT2D eigenvalue weighted by Gasteiger charge is -2.22. The van der Waals surface area contributed by atoms with Gasteiger partial charge in [-0.05, 0) is 49.7 Å². The monoisotopic (exact) mass is 394 g/mol. The second-order valence-corrected chi connectivity index (χ2v) is 8.25. The Morgan fingerprint density at radius 3 is 2.52 bits per heavy atom. The van der Waals surface area contributed by atoms with E-state index in [0.717, 1.165) is 22.2 Å². The van der Waals surface area contributed by atoms with E-state index in [1.807, 2.05) is 32.0 Å². The highest BCUT2D eigenvalue weighted by Crippen LogP contribution is 2.18. The lowest BCUT2D eigenvalue weighted by atomic mass is 10.2. The van der Waals surface area contributed by atoms with Crippen LogP contribution in [0.25, 0.3) is 0 Å². The number of carbonyl (C=O) groups is 1. The van der Waals surface area contributed by atoms with E-state index in [0.29, 0.717) is 5.75 Å². The maximum Gasteiger partial charge on any atom is 0.241 e. The number of anilines is 1. The van der Waals surface area contributed by atoms with Crippen LogP contribution in [-0.4, -0.2) is 33.2 Å². The van der Waals surface area contributed by atoms with Crippen molar-refractivity contribution in [1.29, 1.82) is 0 Å². The standard InChI is InChI=1S/C19H23FN2O4S/c1-14(2)26-18-9-4-6-15(10-18)12-21-19(23)13-22(27(3,24)25)17-8-5-7-16(20)11-17/h4-11,14H,12-13H2,1-3H3,(H,21,23). The second-order valence-electron chi connectivity index (χ2n) is 6.34. The van der Waals surface area contributed by atoms with Crippen LogP contribution in [0.15, 0.2) is 48.5 Å². The first kappa shape index (κ1) is 20.7. The van der Waals surface area contributed by atoms with Gasteiger partial charge in [0.05, 0.1) is 18.0 Å². The Labute approximate surface area is 159 Å². The molecule has 2 aromatic carbocycles. The van der Waals surface area contributed by atoms with Crippen LogP contribution in [0.2, 0.25) is 0 Å². The van der Waals surface area contributed by atoms with Crippen LogP contribution >= 0.6 is 0 Å². The molecular formula is C19H23FN2O4S. The molecule has 0 radical (unpaired) electrons. The Morgan fingerprint density at radius 2 is 1.89 bits per heavy atom. The molecule has 0 fully saturated rings. The Morgan fingerprint density at radius 1 is 1.19 bits per heavy atom. The molecule has 0 aliphatic carbocycles. The highest BCUT2D eigenvalue weighted by molar-refractivity contribution is 7.92. The number of sulfonamides is 1. The molecule has 0 saturated heterocycles. The summed E-state index contributed by atoms with van der Waals surface area (Å²) in [7, 11) is -3.75. The first-order valence-corrected chi connectivity index (χ1v) is 10.3. The fraction of sp³-hybridized carbons (Fsp3) is 0.316. The molecule has 0 spiro atoms. The van der Waals surface area contributed by atoms with Crippen molar-refractivity contribution in [3.63, 3.8) is 0 Å².